The van der Waals surface area contributed by atoms with Crippen molar-refractivity contribution in [2.24, 2.45) is 5.92 Å². The summed E-state index contributed by atoms with van der Waals surface area (Å²) >= 11 is 0. The van der Waals surface area contributed by atoms with E-state index in [0.717, 1.165) is 19.5 Å². The highest BCUT2D eigenvalue weighted by Gasteiger charge is 2.15. The van der Waals surface area contributed by atoms with Crippen molar-refractivity contribution in [2.45, 2.75) is 26.2 Å². The molecule has 2 heterocycles. The minimum absolute atomic E-state index is 0.150. The van der Waals surface area contributed by atoms with Crippen LogP contribution in [-0.2, 0) is 0 Å². The van der Waals surface area contributed by atoms with Gasteiger partial charge in [-0.25, -0.2) is 0 Å². The van der Waals surface area contributed by atoms with Crippen molar-refractivity contribution in [2.75, 3.05) is 19.7 Å². The lowest BCUT2D eigenvalue weighted by atomic mass is 10.1. The first kappa shape index (κ1) is 12.1. The lowest BCUT2D eigenvalue weighted by molar-refractivity contribution is 0.249. The fraction of sp³-hybridized carbons (Fsp3) is 0.667. The van der Waals surface area contributed by atoms with E-state index in [1.54, 1.807) is 0 Å². The second-order valence-electron chi connectivity index (χ2n) is 4.79. The number of ether oxygens (including phenoxy) is 1. The third-order valence-electron chi connectivity index (χ3n) is 2.91. The molecule has 0 spiro atoms. The molecular weight excluding hydrogens is 218 g/mol. The van der Waals surface area contributed by atoms with Gasteiger partial charge in [0, 0.05) is 18.4 Å². The zero-order valence-electron chi connectivity index (χ0n) is 10.3. The third-order valence-corrected chi connectivity index (χ3v) is 2.91. The van der Waals surface area contributed by atoms with Gasteiger partial charge in [-0.2, -0.15) is 4.98 Å². The highest BCUT2D eigenvalue weighted by Crippen LogP contribution is 2.13. The smallest absolute Gasteiger partial charge is 0.254 e. The SMILES string of the molecule is CC(C)c1nc(OCC2CCNC2)cc(=O)[nH]1. The van der Waals surface area contributed by atoms with Crippen LogP contribution in [0.3, 0.4) is 0 Å². The minimum atomic E-state index is -0.150. The van der Waals surface area contributed by atoms with Gasteiger partial charge in [0.1, 0.15) is 5.82 Å². The maximum atomic E-state index is 11.4. The molecule has 0 saturated carbocycles. The number of aromatic amines is 1. The summed E-state index contributed by atoms with van der Waals surface area (Å²) in [5, 5.41) is 3.28. The van der Waals surface area contributed by atoms with Crippen LogP contribution in [0.15, 0.2) is 10.9 Å². The largest absolute Gasteiger partial charge is 0.477 e. The minimum Gasteiger partial charge on any atom is -0.477 e. The number of hydrogen-bond acceptors (Lipinski definition) is 4. The Balaban J connectivity index is 2.02. The Morgan fingerprint density at radius 2 is 2.41 bits per heavy atom. The maximum absolute atomic E-state index is 11.4. The predicted molar refractivity (Wildman–Crippen MR) is 65.4 cm³/mol. The molecule has 1 fully saturated rings. The van der Waals surface area contributed by atoms with Crippen molar-refractivity contribution in [1.29, 1.82) is 0 Å². The first-order chi connectivity index (χ1) is 8.15. The van der Waals surface area contributed by atoms with Crippen molar-refractivity contribution in [3.05, 3.63) is 22.2 Å². The van der Waals surface area contributed by atoms with Gasteiger partial charge in [-0.3, -0.25) is 4.79 Å². The van der Waals surface area contributed by atoms with Gasteiger partial charge in [-0.05, 0) is 13.0 Å². The first-order valence-electron chi connectivity index (χ1n) is 6.10. The second kappa shape index (κ2) is 5.31. The normalized spacial score (nSPS) is 19.8. The Morgan fingerprint density at radius 1 is 1.59 bits per heavy atom. The van der Waals surface area contributed by atoms with Gasteiger partial charge in [0.25, 0.3) is 5.56 Å². The van der Waals surface area contributed by atoms with Crippen LogP contribution in [0.2, 0.25) is 0 Å². The van der Waals surface area contributed by atoms with Crippen LogP contribution in [0.5, 0.6) is 5.88 Å². The van der Waals surface area contributed by atoms with E-state index in [9.17, 15) is 4.79 Å². The number of rotatable bonds is 4. The van der Waals surface area contributed by atoms with E-state index in [-0.39, 0.29) is 11.5 Å². The van der Waals surface area contributed by atoms with E-state index in [0.29, 0.717) is 24.2 Å². The van der Waals surface area contributed by atoms with Gasteiger partial charge in [0.15, 0.2) is 0 Å². The summed E-state index contributed by atoms with van der Waals surface area (Å²) in [5.41, 5.74) is -0.150. The summed E-state index contributed by atoms with van der Waals surface area (Å²) in [6.07, 6.45) is 1.13. The number of nitrogens with one attached hydrogen (secondary N) is 2. The van der Waals surface area contributed by atoms with Crippen LogP contribution in [0.1, 0.15) is 32.0 Å². The van der Waals surface area contributed by atoms with Crippen molar-refractivity contribution in [3.63, 3.8) is 0 Å². The van der Waals surface area contributed by atoms with Crippen molar-refractivity contribution in [1.82, 2.24) is 15.3 Å². The molecule has 1 aromatic rings. The molecular formula is C12H19N3O2. The first-order valence-corrected chi connectivity index (χ1v) is 6.10. The topological polar surface area (TPSA) is 67.0 Å². The Morgan fingerprint density at radius 3 is 3.06 bits per heavy atom. The molecule has 1 atom stereocenters. The summed E-state index contributed by atoms with van der Waals surface area (Å²) in [7, 11) is 0. The van der Waals surface area contributed by atoms with Crippen LogP contribution in [-0.4, -0.2) is 29.7 Å². The standard InChI is InChI=1S/C12H19N3O2/c1-8(2)12-14-10(16)5-11(15-12)17-7-9-3-4-13-6-9/h5,8-9,13H,3-4,6-7H2,1-2H3,(H,14,15,16). The molecule has 0 aromatic carbocycles. The number of nitrogens with zero attached hydrogens (tertiary/aromatic N) is 1. The van der Waals surface area contributed by atoms with Crippen LogP contribution < -0.4 is 15.6 Å². The third kappa shape index (κ3) is 3.30. The average molecular weight is 237 g/mol. The lowest BCUT2D eigenvalue weighted by Crippen LogP contribution is -2.18. The zero-order chi connectivity index (χ0) is 12.3. The molecule has 0 aliphatic carbocycles. The molecule has 2 N–H and O–H groups in total. The number of hydrogen-bond donors (Lipinski definition) is 2. The summed E-state index contributed by atoms with van der Waals surface area (Å²) < 4.78 is 5.59. The van der Waals surface area contributed by atoms with Gasteiger partial charge in [0.2, 0.25) is 5.88 Å². The van der Waals surface area contributed by atoms with Gasteiger partial charge < -0.3 is 15.0 Å². The Kier molecular flexibility index (Phi) is 3.78. The zero-order valence-corrected chi connectivity index (χ0v) is 10.3. The van der Waals surface area contributed by atoms with Crippen molar-refractivity contribution in [3.8, 4) is 5.88 Å². The molecule has 17 heavy (non-hydrogen) atoms. The van der Waals surface area contributed by atoms with Crippen LogP contribution in [0.25, 0.3) is 0 Å². The quantitative estimate of drug-likeness (QED) is 0.816. The van der Waals surface area contributed by atoms with E-state index in [2.05, 4.69) is 15.3 Å². The average Bonchev–Trinajstić information content (AvgIpc) is 2.78. The van der Waals surface area contributed by atoms with Crippen LogP contribution in [0.4, 0.5) is 0 Å². The number of aromatic nitrogens is 2. The fourth-order valence-electron chi connectivity index (χ4n) is 1.86. The van der Waals surface area contributed by atoms with E-state index >= 15 is 0 Å². The van der Waals surface area contributed by atoms with Gasteiger partial charge >= 0.3 is 0 Å². The Hall–Kier alpha value is -1.36. The highest BCUT2D eigenvalue weighted by atomic mass is 16.5. The van der Waals surface area contributed by atoms with Gasteiger partial charge in [0.05, 0.1) is 12.7 Å². The summed E-state index contributed by atoms with van der Waals surface area (Å²) in [4.78, 5) is 18.4. The second-order valence-corrected chi connectivity index (χ2v) is 4.79. The van der Waals surface area contributed by atoms with E-state index < -0.39 is 0 Å². The molecule has 94 valence electrons. The van der Waals surface area contributed by atoms with E-state index in [4.69, 9.17) is 4.74 Å². The molecule has 1 saturated heterocycles. The van der Waals surface area contributed by atoms with Gasteiger partial charge in [-0.1, -0.05) is 13.8 Å². The molecule has 0 amide bonds. The molecule has 0 bridgehead atoms. The van der Waals surface area contributed by atoms with E-state index in [1.807, 2.05) is 13.8 Å². The van der Waals surface area contributed by atoms with Crippen molar-refractivity contribution >= 4 is 0 Å². The molecule has 1 aliphatic heterocycles. The number of H-pyrrole nitrogens is 1. The molecule has 5 heteroatoms. The van der Waals surface area contributed by atoms with Crippen LogP contribution in [0, 0.1) is 5.92 Å². The Bertz CT molecular complexity index is 422. The molecule has 5 nitrogen and oxygen atoms in total. The Labute approximate surface area is 101 Å². The molecule has 1 aliphatic rings. The van der Waals surface area contributed by atoms with Crippen LogP contribution >= 0.6 is 0 Å². The molecule has 1 aromatic heterocycles. The molecule has 2 rings (SSSR count). The summed E-state index contributed by atoms with van der Waals surface area (Å²) in [5.74, 6) is 1.83. The molecule has 1 unspecified atom stereocenters. The fourth-order valence-corrected chi connectivity index (χ4v) is 1.86. The highest BCUT2D eigenvalue weighted by molar-refractivity contribution is 5.10. The summed E-state index contributed by atoms with van der Waals surface area (Å²) in [6.45, 7) is 6.64. The van der Waals surface area contributed by atoms with Gasteiger partial charge in [-0.15, -0.1) is 0 Å². The monoisotopic (exact) mass is 237 g/mol. The summed E-state index contributed by atoms with van der Waals surface area (Å²) in [6, 6.07) is 1.41. The lowest BCUT2D eigenvalue weighted by Gasteiger charge is -2.11. The predicted octanol–water partition coefficient (Wildman–Crippen LogP) is 0.882. The van der Waals surface area contributed by atoms with E-state index in [1.165, 1.54) is 6.07 Å². The molecule has 0 radical (unpaired) electrons. The van der Waals surface area contributed by atoms with Crippen molar-refractivity contribution < 1.29 is 4.74 Å². The maximum Gasteiger partial charge on any atom is 0.254 e.